The van der Waals surface area contributed by atoms with Crippen LogP contribution < -0.4 is 13.9 Å². The minimum atomic E-state index is -0.939. The van der Waals surface area contributed by atoms with Crippen LogP contribution in [0.3, 0.4) is 0 Å². The van der Waals surface area contributed by atoms with Crippen molar-refractivity contribution >= 4 is 5.97 Å². The van der Waals surface area contributed by atoms with Crippen LogP contribution in [0.25, 0.3) is 11.3 Å². The number of aromatic nitrogens is 3. The fraction of sp³-hybridized carbons (Fsp3) is 0.444. The van der Waals surface area contributed by atoms with Gasteiger partial charge in [0.15, 0.2) is 17.8 Å². The highest BCUT2D eigenvalue weighted by Crippen LogP contribution is 2.53. The molecule has 2 aliphatic rings. The van der Waals surface area contributed by atoms with E-state index in [1.165, 1.54) is 6.07 Å². The second-order valence-corrected chi connectivity index (χ2v) is 9.77. The minimum absolute atomic E-state index is 0.307. The largest absolute Gasteiger partial charge is 0.496 e. The van der Waals surface area contributed by atoms with Crippen molar-refractivity contribution in [1.29, 1.82) is 0 Å². The number of aryl methyl sites for hydroxylation is 1. The molecule has 2 aromatic heterocycles. The first-order valence-corrected chi connectivity index (χ1v) is 12.0. The first-order valence-electron chi connectivity index (χ1n) is 12.0. The molecule has 2 aliphatic heterocycles. The van der Waals surface area contributed by atoms with Crippen molar-refractivity contribution in [2.45, 2.75) is 64.1 Å². The summed E-state index contributed by atoms with van der Waals surface area (Å²) in [6.45, 7) is 8.43. The van der Waals surface area contributed by atoms with Gasteiger partial charge in [0.05, 0.1) is 31.2 Å². The number of rotatable bonds is 4. The molecule has 35 heavy (non-hydrogen) atoms. The van der Waals surface area contributed by atoms with Crippen molar-refractivity contribution < 1.29 is 32.2 Å². The summed E-state index contributed by atoms with van der Waals surface area (Å²) < 4.78 is 47.8. The third-order valence-corrected chi connectivity index (χ3v) is 8.53. The number of methoxy groups -OCH3 is 1. The van der Waals surface area contributed by atoms with E-state index in [-0.39, 0.29) is 0 Å². The zero-order valence-corrected chi connectivity index (χ0v) is 21.0. The summed E-state index contributed by atoms with van der Waals surface area (Å²) in [5.41, 5.74) is 0.777. The van der Waals surface area contributed by atoms with E-state index >= 15 is 4.39 Å². The molecule has 0 spiro atoms. The van der Waals surface area contributed by atoms with Crippen molar-refractivity contribution in [1.82, 2.24) is 4.57 Å². The summed E-state index contributed by atoms with van der Waals surface area (Å²) in [5, 5.41) is 0. The molecule has 3 aromatic rings. The van der Waals surface area contributed by atoms with Crippen molar-refractivity contribution in [2.75, 3.05) is 7.11 Å². The summed E-state index contributed by atoms with van der Waals surface area (Å²) in [5.74, 6) is -0.709. The summed E-state index contributed by atoms with van der Waals surface area (Å²) in [7, 11) is 3.39. The number of hydrogen-bond donors (Lipinski definition) is 0. The molecular weight excluding hydrogens is 452 g/mol. The number of nitrogens with zero attached hydrogens (tertiary/aromatic N) is 3. The molecule has 5 rings (SSSR count). The standard InChI is InChI=1S/C27H31F2N3O3/c1-7-27(8-2)26(4,22-15-31-14-16(3)30(5)24(31)25(33)35-22)19-11-17(28)12-20(29)23(19)21-13-18(34-6)9-10-32(21)27/h9-14,22H,7-8,15H2,1-6H3/q+2. The van der Waals surface area contributed by atoms with Crippen LogP contribution in [0.15, 0.2) is 36.7 Å². The van der Waals surface area contributed by atoms with Gasteiger partial charge >= 0.3 is 11.8 Å². The molecular formula is C27H31F2N3O3+2. The van der Waals surface area contributed by atoms with Gasteiger partial charge in [0.2, 0.25) is 5.69 Å². The van der Waals surface area contributed by atoms with Gasteiger partial charge in [0, 0.05) is 31.9 Å². The van der Waals surface area contributed by atoms with Gasteiger partial charge in [-0.3, -0.25) is 0 Å². The average Bonchev–Trinajstić information content (AvgIpc) is 3.12. The highest BCUT2D eigenvalue weighted by atomic mass is 19.1. The summed E-state index contributed by atoms with van der Waals surface area (Å²) in [6, 6.07) is 5.95. The van der Waals surface area contributed by atoms with E-state index in [0.29, 0.717) is 47.8 Å². The number of carbonyl (C=O) groups excluding carboxylic acids is 1. The molecule has 2 unspecified atom stereocenters. The molecule has 184 valence electrons. The highest BCUT2D eigenvalue weighted by Gasteiger charge is 2.66. The molecule has 2 atom stereocenters. The van der Waals surface area contributed by atoms with Crippen LogP contribution in [-0.4, -0.2) is 23.8 Å². The first-order chi connectivity index (χ1) is 16.6. The fourth-order valence-electron chi connectivity index (χ4n) is 6.54. The van der Waals surface area contributed by atoms with Gasteiger partial charge in [0.25, 0.3) is 0 Å². The van der Waals surface area contributed by atoms with Crippen LogP contribution in [0.5, 0.6) is 5.75 Å². The highest BCUT2D eigenvalue weighted by molar-refractivity contribution is 5.85. The van der Waals surface area contributed by atoms with E-state index < -0.39 is 34.7 Å². The number of halogens is 2. The molecule has 0 amide bonds. The Morgan fingerprint density at radius 2 is 1.94 bits per heavy atom. The Morgan fingerprint density at radius 3 is 2.60 bits per heavy atom. The zero-order valence-electron chi connectivity index (χ0n) is 21.0. The molecule has 0 saturated carbocycles. The van der Waals surface area contributed by atoms with Crippen molar-refractivity contribution in [3.8, 4) is 17.0 Å². The van der Waals surface area contributed by atoms with Gasteiger partial charge in [-0.2, -0.15) is 4.57 Å². The van der Waals surface area contributed by atoms with Crippen LogP contribution in [0.1, 0.15) is 55.5 Å². The molecule has 0 bridgehead atoms. The van der Waals surface area contributed by atoms with E-state index in [9.17, 15) is 9.18 Å². The topological polar surface area (TPSA) is 48.2 Å². The van der Waals surface area contributed by atoms with Crippen LogP contribution >= 0.6 is 0 Å². The van der Waals surface area contributed by atoms with Gasteiger partial charge in [-0.15, -0.1) is 0 Å². The maximum Gasteiger partial charge on any atom is 0.422 e. The maximum atomic E-state index is 15.6. The van der Waals surface area contributed by atoms with E-state index in [0.717, 1.165) is 11.8 Å². The third kappa shape index (κ3) is 2.95. The lowest BCUT2D eigenvalue weighted by Crippen LogP contribution is -2.74. The number of imidazole rings is 1. The zero-order chi connectivity index (χ0) is 25.3. The maximum absolute atomic E-state index is 15.6. The number of hydrogen-bond acceptors (Lipinski definition) is 3. The average molecular weight is 484 g/mol. The predicted molar refractivity (Wildman–Crippen MR) is 124 cm³/mol. The van der Waals surface area contributed by atoms with Crippen LogP contribution in [0.2, 0.25) is 0 Å². The summed E-state index contributed by atoms with van der Waals surface area (Å²) in [6.07, 6.45) is 4.48. The van der Waals surface area contributed by atoms with Gasteiger partial charge in [-0.1, -0.05) is 13.8 Å². The predicted octanol–water partition coefficient (Wildman–Crippen LogP) is 3.89. The van der Waals surface area contributed by atoms with Crippen molar-refractivity contribution in [2.24, 2.45) is 7.05 Å². The number of ether oxygens (including phenoxy) is 2. The Labute approximate surface area is 203 Å². The van der Waals surface area contributed by atoms with Crippen LogP contribution in [-0.2, 0) is 29.3 Å². The summed E-state index contributed by atoms with van der Waals surface area (Å²) in [4.78, 5) is 13.2. The van der Waals surface area contributed by atoms with Gasteiger partial charge in [-0.05, 0) is 18.6 Å². The number of benzene rings is 1. The Morgan fingerprint density at radius 1 is 1.23 bits per heavy atom. The lowest BCUT2D eigenvalue weighted by molar-refractivity contribution is -0.776. The van der Waals surface area contributed by atoms with Crippen LogP contribution in [0.4, 0.5) is 8.78 Å². The third-order valence-electron chi connectivity index (χ3n) is 8.53. The number of fused-ring (bicyclic) bond motifs is 4. The monoisotopic (exact) mass is 483 g/mol. The quantitative estimate of drug-likeness (QED) is 0.418. The van der Waals surface area contributed by atoms with E-state index in [1.807, 2.05) is 43.9 Å². The molecule has 6 nitrogen and oxygen atoms in total. The Hall–Kier alpha value is -3.29. The summed E-state index contributed by atoms with van der Waals surface area (Å²) >= 11 is 0. The Bertz CT molecular complexity index is 1360. The smallest absolute Gasteiger partial charge is 0.422 e. The second kappa shape index (κ2) is 7.86. The molecule has 0 aliphatic carbocycles. The molecule has 0 radical (unpaired) electrons. The van der Waals surface area contributed by atoms with E-state index in [2.05, 4.69) is 18.4 Å². The van der Waals surface area contributed by atoms with Crippen LogP contribution in [0, 0.1) is 18.6 Å². The van der Waals surface area contributed by atoms with Gasteiger partial charge in [0.1, 0.15) is 35.8 Å². The number of pyridine rings is 1. The molecule has 0 N–H and O–H groups in total. The number of carbonyl (C=O) groups is 1. The number of esters is 1. The Kier molecular flexibility index (Phi) is 5.27. The lowest BCUT2D eigenvalue weighted by atomic mass is 9.57. The fourth-order valence-corrected chi connectivity index (χ4v) is 6.54. The van der Waals surface area contributed by atoms with Crippen molar-refractivity contribution in [3.63, 3.8) is 0 Å². The lowest BCUT2D eigenvalue weighted by Gasteiger charge is -2.50. The molecule has 8 heteroatoms. The molecule has 0 fully saturated rings. The minimum Gasteiger partial charge on any atom is -0.496 e. The van der Waals surface area contributed by atoms with E-state index in [1.54, 1.807) is 17.7 Å². The van der Waals surface area contributed by atoms with E-state index in [4.69, 9.17) is 9.47 Å². The van der Waals surface area contributed by atoms with Crippen molar-refractivity contribution in [3.05, 3.63) is 65.4 Å². The molecule has 0 saturated heterocycles. The van der Waals surface area contributed by atoms with Gasteiger partial charge in [-0.25, -0.2) is 22.7 Å². The first kappa shape index (κ1) is 23.5. The Balaban J connectivity index is 1.83. The normalized spacial score (nSPS) is 22.2. The van der Waals surface area contributed by atoms with Gasteiger partial charge < -0.3 is 9.47 Å². The molecule has 4 heterocycles. The molecule has 1 aromatic carbocycles. The SMILES string of the molecule is CCC1(CC)[n+]2ccc(OC)cc2-c2c(F)cc(F)cc2C1(C)C1C[n+]2cc(C)n(C)c2C(=O)O1. The second-order valence-electron chi connectivity index (χ2n) is 9.77. The number of cyclic esters (lactones) is 1.